The fourth-order valence-electron chi connectivity index (χ4n) is 2.36. The molecule has 0 bridgehead atoms. The standard InChI is InChI=1S/C16H14O3/c17-15-13-8-4-5-9-14(13)19-11-16(15,18)10-12-6-2-1-3-7-12/h1-9,18H,10-11H2/t16-/m1/s1. The minimum atomic E-state index is -1.48. The summed E-state index contributed by atoms with van der Waals surface area (Å²) in [5.74, 6) is 0.281. The van der Waals surface area contributed by atoms with Gasteiger partial charge in [0.15, 0.2) is 5.60 Å². The fourth-order valence-corrected chi connectivity index (χ4v) is 2.36. The number of rotatable bonds is 2. The van der Waals surface area contributed by atoms with Crippen molar-refractivity contribution in [3.63, 3.8) is 0 Å². The van der Waals surface area contributed by atoms with Crippen molar-refractivity contribution in [3.8, 4) is 5.75 Å². The molecule has 96 valence electrons. The minimum Gasteiger partial charge on any atom is -0.489 e. The average Bonchev–Trinajstić information content (AvgIpc) is 2.45. The van der Waals surface area contributed by atoms with E-state index in [1.54, 1.807) is 18.2 Å². The fraction of sp³-hybridized carbons (Fsp3) is 0.188. The molecule has 0 fully saturated rings. The van der Waals surface area contributed by atoms with Crippen LogP contribution in [0.1, 0.15) is 15.9 Å². The van der Waals surface area contributed by atoms with E-state index < -0.39 is 5.60 Å². The van der Waals surface area contributed by atoms with Gasteiger partial charge in [0.05, 0.1) is 5.56 Å². The van der Waals surface area contributed by atoms with Crippen LogP contribution in [0.4, 0.5) is 0 Å². The Kier molecular flexibility index (Phi) is 2.84. The quantitative estimate of drug-likeness (QED) is 0.894. The average molecular weight is 254 g/mol. The molecule has 1 N–H and O–H groups in total. The third-order valence-corrected chi connectivity index (χ3v) is 3.36. The maximum Gasteiger partial charge on any atom is 0.201 e. The van der Waals surface area contributed by atoms with Crippen molar-refractivity contribution in [2.45, 2.75) is 12.0 Å². The predicted octanol–water partition coefficient (Wildman–Crippen LogP) is 2.24. The molecule has 3 nitrogen and oxygen atoms in total. The number of benzene rings is 2. The summed E-state index contributed by atoms with van der Waals surface area (Å²) in [5, 5.41) is 10.6. The van der Waals surface area contributed by atoms with Crippen molar-refractivity contribution in [1.29, 1.82) is 0 Å². The monoisotopic (exact) mass is 254 g/mol. The summed E-state index contributed by atoms with van der Waals surface area (Å²) >= 11 is 0. The number of aliphatic hydroxyl groups is 1. The van der Waals surface area contributed by atoms with Crippen LogP contribution in [0.15, 0.2) is 54.6 Å². The number of ketones is 1. The molecule has 3 heteroatoms. The van der Waals surface area contributed by atoms with Crippen molar-refractivity contribution in [2.75, 3.05) is 6.61 Å². The Labute approximate surface area is 111 Å². The SMILES string of the molecule is O=C1c2ccccc2OC[C@]1(O)Cc1ccccc1. The van der Waals surface area contributed by atoms with Gasteiger partial charge in [0.1, 0.15) is 12.4 Å². The molecule has 1 atom stereocenters. The second-order valence-corrected chi connectivity index (χ2v) is 4.81. The summed E-state index contributed by atoms with van der Waals surface area (Å²) in [6.45, 7) is -0.00224. The highest BCUT2D eigenvalue weighted by atomic mass is 16.5. The van der Waals surface area contributed by atoms with Gasteiger partial charge < -0.3 is 9.84 Å². The van der Waals surface area contributed by atoms with E-state index in [4.69, 9.17) is 4.74 Å². The molecular formula is C16H14O3. The summed E-state index contributed by atoms with van der Waals surface area (Å²) in [4.78, 5) is 12.4. The molecule has 1 heterocycles. The zero-order valence-electron chi connectivity index (χ0n) is 10.4. The van der Waals surface area contributed by atoms with Gasteiger partial charge in [0, 0.05) is 6.42 Å². The number of hydrogen-bond acceptors (Lipinski definition) is 3. The van der Waals surface area contributed by atoms with E-state index in [2.05, 4.69) is 0 Å². The molecular weight excluding hydrogens is 240 g/mol. The molecule has 1 aliphatic rings. The lowest BCUT2D eigenvalue weighted by Gasteiger charge is -2.32. The van der Waals surface area contributed by atoms with E-state index >= 15 is 0 Å². The molecule has 0 radical (unpaired) electrons. The third kappa shape index (κ3) is 2.13. The van der Waals surface area contributed by atoms with Crippen LogP contribution in [0.25, 0.3) is 0 Å². The summed E-state index contributed by atoms with van der Waals surface area (Å²) < 4.78 is 5.51. The van der Waals surface area contributed by atoms with E-state index in [0.717, 1.165) is 5.56 Å². The molecule has 0 amide bonds. The highest BCUT2D eigenvalue weighted by Crippen LogP contribution is 2.31. The summed E-state index contributed by atoms with van der Waals surface area (Å²) in [5.41, 5.74) is -0.107. The third-order valence-electron chi connectivity index (χ3n) is 3.36. The Morgan fingerprint density at radius 1 is 1.05 bits per heavy atom. The molecule has 2 aromatic rings. The maximum absolute atomic E-state index is 12.4. The largest absolute Gasteiger partial charge is 0.489 e. The zero-order chi connectivity index (χ0) is 13.3. The van der Waals surface area contributed by atoms with E-state index in [1.165, 1.54) is 0 Å². The van der Waals surface area contributed by atoms with Crippen LogP contribution >= 0.6 is 0 Å². The number of carbonyl (C=O) groups excluding carboxylic acids is 1. The van der Waals surface area contributed by atoms with Gasteiger partial charge in [-0.2, -0.15) is 0 Å². The number of ether oxygens (including phenoxy) is 1. The topological polar surface area (TPSA) is 46.5 Å². The number of hydrogen-bond donors (Lipinski definition) is 1. The summed E-state index contributed by atoms with van der Waals surface area (Å²) in [6, 6.07) is 16.5. The number of carbonyl (C=O) groups is 1. The molecule has 0 aromatic heterocycles. The minimum absolute atomic E-state index is 0.00224. The molecule has 0 saturated carbocycles. The highest BCUT2D eigenvalue weighted by molar-refractivity contribution is 6.05. The van der Waals surface area contributed by atoms with E-state index in [1.807, 2.05) is 36.4 Å². The smallest absolute Gasteiger partial charge is 0.201 e. The molecule has 3 rings (SSSR count). The van der Waals surface area contributed by atoms with Crippen LogP contribution in [0.5, 0.6) is 5.75 Å². The Morgan fingerprint density at radius 3 is 2.53 bits per heavy atom. The van der Waals surface area contributed by atoms with E-state index in [0.29, 0.717) is 11.3 Å². The van der Waals surface area contributed by atoms with Crippen LogP contribution in [0.3, 0.4) is 0 Å². The Balaban J connectivity index is 1.92. The van der Waals surface area contributed by atoms with Gasteiger partial charge in [0.25, 0.3) is 0 Å². The van der Waals surface area contributed by atoms with Gasteiger partial charge in [-0.3, -0.25) is 4.79 Å². The maximum atomic E-state index is 12.4. The van der Waals surface area contributed by atoms with Gasteiger partial charge in [-0.25, -0.2) is 0 Å². The van der Waals surface area contributed by atoms with Crippen molar-refractivity contribution in [1.82, 2.24) is 0 Å². The summed E-state index contributed by atoms with van der Waals surface area (Å²) in [7, 11) is 0. The number of para-hydroxylation sites is 1. The predicted molar refractivity (Wildman–Crippen MR) is 71.4 cm³/mol. The van der Waals surface area contributed by atoms with Crippen molar-refractivity contribution in [3.05, 3.63) is 65.7 Å². The Morgan fingerprint density at radius 2 is 1.74 bits per heavy atom. The van der Waals surface area contributed by atoms with Gasteiger partial charge in [-0.1, -0.05) is 42.5 Å². The van der Waals surface area contributed by atoms with Crippen LogP contribution in [-0.4, -0.2) is 23.1 Å². The molecule has 0 saturated heterocycles. The second-order valence-electron chi connectivity index (χ2n) is 4.81. The summed E-state index contributed by atoms with van der Waals surface area (Å²) in [6.07, 6.45) is 0.265. The van der Waals surface area contributed by atoms with Crippen molar-refractivity contribution in [2.24, 2.45) is 0 Å². The van der Waals surface area contributed by atoms with Crippen molar-refractivity contribution >= 4 is 5.78 Å². The molecule has 0 spiro atoms. The van der Waals surface area contributed by atoms with Gasteiger partial charge >= 0.3 is 0 Å². The second kappa shape index (κ2) is 4.52. The molecule has 2 aromatic carbocycles. The molecule has 0 aliphatic carbocycles. The van der Waals surface area contributed by atoms with E-state index in [-0.39, 0.29) is 18.8 Å². The van der Waals surface area contributed by atoms with Gasteiger partial charge in [0.2, 0.25) is 5.78 Å². The lowest BCUT2D eigenvalue weighted by atomic mass is 9.85. The number of fused-ring (bicyclic) bond motifs is 1. The first-order valence-electron chi connectivity index (χ1n) is 6.22. The highest BCUT2D eigenvalue weighted by Gasteiger charge is 2.42. The Bertz CT molecular complexity index is 606. The van der Waals surface area contributed by atoms with Gasteiger partial charge in [-0.05, 0) is 17.7 Å². The molecule has 0 unspecified atom stereocenters. The van der Waals surface area contributed by atoms with Crippen LogP contribution in [0, 0.1) is 0 Å². The van der Waals surface area contributed by atoms with Crippen molar-refractivity contribution < 1.29 is 14.6 Å². The zero-order valence-corrected chi connectivity index (χ0v) is 10.4. The number of Topliss-reactive ketones (excluding diaryl/α,β-unsaturated/α-hetero) is 1. The van der Waals surface area contributed by atoms with Crippen LogP contribution < -0.4 is 4.74 Å². The first-order chi connectivity index (χ1) is 9.19. The Hall–Kier alpha value is -2.13. The normalized spacial score (nSPS) is 21.6. The van der Waals surface area contributed by atoms with Crippen LogP contribution in [-0.2, 0) is 6.42 Å². The van der Waals surface area contributed by atoms with E-state index in [9.17, 15) is 9.90 Å². The van der Waals surface area contributed by atoms with Gasteiger partial charge in [-0.15, -0.1) is 0 Å². The molecule has 1 aliphatic heterocycles. The lowest BCUT2D eigenvalue weighted by molar-refractivity contribution is -0.00193. The first kappa shape index (κ1) is 11.9. The van der Waals surface area contributed by atoms with Crippen LogP contribution in [0.2, 0.25) is 0 Å². The molecule has 19 heavy (non-hydrogen) atoms. The first-order valence-corrected chi connectivity index (χ1v) is 6.22. The lowest BCUT2D eigenvalue weighted by Crippen LogP contribution is -2.49.